The van der Waals surface area contributed by atoms with Crippen molar-refractivity contribution in [2.24, 2.45) is 0 Å². The van der Waals surface area contributed by atoms with Crippen molar-refractivity contribution in [3.05, 3.63) is 46.7 Å². The highest BCUT2D eigenvalue weighted by Crippen LogP contribution is 2.21. The summed E-state index contributed by atoms with van der Waals surface area (Å²) < 4.78 is 4.88. The zero-order valence-corrected chi connectivity index (χ0v) is 12.6. The first-order valence-electron chi connectivity index (χ1n) is 6.19. The van der Waals surface area contributed by atoms with Gasteiger partial charge in [0.2, 0.25) is 5.91 Å². The number of halogens is 1. The molecule has 2 rings (SSSR count). The molecule has 1 amide bonds. The summed E-state index contributed by atoms with van der Waals surface area (Å²) in [6, 6.07) is 9.42. The fraction of sp³-hybridized carbons (Fsp3) is 0.286. The van der Waals surface area contributed by atoms with E-state index in [1.54, 1.807) is 24.8 Å². The normalized spacial score (nSPS) is 10.5. The van der Waals surface area contributed by atoms with E-state index in [2.05, 4.69) is 10.5 Å². The van der Waals surface area contributed by atoms with E-state index in [9.17, 15) is 4.79 Å². The molecule has 0 aliphatic heterocycles. The molecule has 1 N–H and O–H groups in total. The van der Waals surface area contributed by atoms with Crippen LogP contribution in [0.2, 0.25) is 5.02 Å². The maximum atomic E-state index is 11.7. The van der Waals surface area contributed by atoms with Gasteiger partial charge >= 0.3 is 0 Å². The van der Waals surface area contributed by atoms with Crippen molar-refractivity contribution in [1.82, 2.24) is 5.16 Å². The van der Waals surface area contributed by atoms with Crippen LogP contribution in [0.3, 0.4) is 0 Å². The number of amides is 1. The van der Waals surface area contributed by atoms with Crippen molar-refractivity contribution in [2.45, 2.75) is 19.1 Å². The number of carbonyl (C=O) groups excluding carboxylic acids is 1. The van der Waals surface area contributed by atoms with E-state index < -0.39 is 0 Å². The number of hydrogen-bond acceptors (Lipinski definition) is 4. The van der Waals surface area contributed by atoms with Gasteiger partial charge < -0.3 is 9.84 Å². The molecule has 0 saturated carbocycles. The Bertz CT molecular complexity index is 586. The van der Waals surface area contributed by atoms with E-state index in [0.29, 0.717) is 18.0 Å². The predicted molar refractivity (Wildman–Crippen MR) is 82.1 cm³/mol. The molecule has 6 heteroatoms. The van der Waals surface area contributed by atoms with Gasteiger partial charge in [-0.3, -0.25) is 4.79 Å². The lowest BCUT2D eigenvalue weighted by molar-refractivity contribution is -0.115. The zero-order chi connectivity index (χ0) is 14.4. The Kier molecular flexibility index (Phi) is 5.49. The third-order valence-electron chi connectivity index (χ3n) is 2.58. The molecule has 0 fully saturated rings. The van der Waals surface area contributed by atoms with Gasteiger partial charge in [-0.25, -0.2) is 0 Å². The Morgan fingerprint density at radius 1 is 1.45 bits per heavy atom. The Morgan fingerprint density at radius 2 is 2.25 bits per heavy atom. The molecule has 2 aromatic rings. The van der Waals surface area contributed by atoms with Crippen LogP contribution in [0.5, 0.6) is 0 Å². The third-order valence-corrected chi connectivity index (χ3v) is 3.96. The van der Waals surface area contributed by atoms with E-state index in [1.807, 2.05) is 24.3 Å². The van der Waals surface area contributed by atoms with Crippen LogP contribution in [-0.2, 0) is 10.5 Å². The standard InChI is InChI=1S/C14H15ClN2O2S/c1-10-8-13(17-19-10)16-14(18)6-7-20-9-11-4-2-3-5-12(11)15/h2-5,8H,6-7,9H2,1H3,(H,16,17,18). The Morgan fingerprint density at radius 3 is 2.95 bits per heavy atom. The molecule has 0 bridgehead atoms. The number of aromatic nitrogens is 1. The van der Waals surface area contributed by atoms with Crippen LogP contribution in [0.4, 0.5) is 5.82 Å². The summed E-state index contributed by atoms with van der Waals surface area (Å²) in [7, 11) is 0. The highest BCUT2D eigenvalue weighted by molar-refractivity contribution is 7.98. The number of aryl methyl sites for hydroxylation is 1. The quantitative estimate of drug-likeness (QED) is 0.822. The molecule has 0 spiro atoms. The van der Waals surface area contributed by atoms with Crippen molar-refractivity contribution in [2.75, 3.05) is 11.1 Å². The lowest BCUT2D eigenvalue weighted by atomic mass is 10.2. The van der Waals surface area contributed by atoms with Gasteiger partial charge in [-0.1, -0.05) is 35.0 Å². The summed E-state index contributed by atoms with van der Waals surface area (Å²) in [5, 5.41) is 7.17. The second-order valence-corrected chi connectivity index (χ2v) is 5.78. The van der Waals surface area contributed by atoms with Crippen molar-refractivity contribution in [3.8, 4) is 0 Å². The smallest absolute Gasteiger partial charge is 0.226 e. The minimum Gasteiger partial charge on any atom is -0.360 e. The van der Waals surface area contributed by atoms with Crippen molar-refractivity contribution in [1.29, 1.82) is 0 Å². The molecule has 1 heterocycles. The lowest BCUT2D eigenvalue weighted by Crippen LogP contribution is -2.12. The van der Waals surface area contributed by atoms with E-state index in [1.165, 1.54) is 0 Å². The maximum Gasteiger partial charge on any atom is 0.226 e. The van der Waals surface area contributed by atoms with Crippen LogP contribution in [0, 0.1) is 6.92 Å². The molecule has 1 aromatic carbocycles. The molecule has 0 atom stereocenters. The molecule has 0 radical (unpaired) electrons. The van der Waals surface area contributed by atoms with Crippen LogP contribution >= 0.6 is 23.4 Å². The van der Waals surface area contributed by atoms with E-state index >= 15 is 0 Å². The number of anilines is 1. The minimum absolute atomic E-state index is 0.0649. The average Bonchev–Trinajstić information content (AvgIpc) is 2.82. The fourth-order valence-corrected chi connectivity index (χ4v) is 2.82. The Balaban J connectivity index is 1.68. The fourth-order valence-electron chi connectivity index (χ4n) is 1.59. The summed E-state index contributed by atoms with van der Waals surface area (Å²) >= 11 is 7.74. The summed E-state index contributed by atoms with van der Waals surface area (Å²) in [6.45, 7) is 1.78. The first kappa shape index (κ1) is 14.9. The van der Waals surface area contributed by atoms with E-state index in [0.717, 1.165) is 22.1 Å². The van der Waals surface area contributed by atoms with Gasteiger partial charge in [-0.15, -0.1) is 0 Å². The number of nitrogens with zero attached hydrogens (tertiary/aromatic N) is 1. The zero-order valence-electron chi connectivity index (χ0n) is 11.1. The Labute approximate surface area is 126 Å². The summed E-state index contributed by atoms with van der Waals surface area (Å²) in [5.41, 5.74) is 1.09. The molecule has 0 aliphatic rings. The second-order valence-electron chi connectivity index (χ2n) is 4.26. The number of carbonyl (C=O) groups is 1. The van der Waals surface area contributed by atoms with E-state index in [4.69, 9.17) is 16.1 Å². The molecule has 0 aliphatic carbocycles. The van der Waals surface area contributed by atoms with Crippen molar-refractivity contribution < 1.29 is 9.32 Å². The molecule has 0 saturated heterocycles. The summed E-state index contributed by atoms with van der Waals surface area (Å²) in [6.07, 6.45) is 0.432. The Hall–Kier alpha value is -1.46. The van der Waals surface area contributed by atoms with Gasteiger partial charge in [0.25, 0.3) is 0 Å². The molecule has 106 valence electrons. The largest absolute Gasteiger partial charge is 0.360 e. The monoisotopic (exact) mass is 310 g/mol. The van der Waals surface area contributed by atoms with Gasteiger partial charge in [0.1, 0.15) is 5.76 Å². The SMILES string of the molecule is Cc1cc(NC(=O)CCSCc2ccccc2Cl)no1. The summed E-state index contributed by atoms with van der Waals surface area (Å²) in [4.78, 5) is 11.7. The first-order chi connectivity index (χ1) is 9.65. The highest BCUT2D eigenvalue weighted by Gasteiger charge is 2.06. The highest BCUT2D eigenvalue weighted by atomic mass is 35.5. The molecule has 20 heavy (non-hydrogen) atoms. The summed E-state index contributed by atoms with van der Waals surface area (Å²) in [5.74, 6) is 2.60. The molecule has 1 aromatic heterocycles. The van der Waals surface area contributed by atoms with Crippen LogP contribution in [-0.4, -0.2) is 16.8 Å². The van der Waals surface area contributed by atoms with Crippen LogP contribution in [0.1, 0.15) is 17.7 Å². The number of thioether (sulfide) groups is 1. The maximum absolute atomic E-state index is 11.7. The van der Waals surface area contributed by atoms with Gasteiger partial charge in [0.05, 0.1) is 0 Å². The van der Waals surface area contributed by atoms with Gasteiger partial charge in [-0.2, -0.15) is 11.8 Å². The first-order valence-corrected chi connectivity index (χ1v) is 7.73. The van der Waals surface area contributed by atoms with Gasteiger partial charge in [0, 0.05) is 29.0 Å². The van der Waals surface area contributed by atoms with Crippen molar-refractivity contribution >= 4 is 35.1 Å². The number of benzene rings is 1. The van der Waals surface area contributed by atoms with Crippen LogP contribution < -0.4 is 5.32 Å². The topological polar surface area (TPSA) is 55.1 Å². The van der Waals surface area contributed by atoms with Crippen LogP contribution in [0.25, 0.3) is 0 Å². The second kappa shape index (κ2) is 7.36. The molecule has 0 unspecified atom stereocenters. The average molecular weight is 311 g/mol. The van der Waals surface area contributed by atoms with Gasteiger partial charge in [-0.05, 0) is 18.6 Å². The molecule has 4 nitrogen and oxygen atoms in total. The van der Waals surface area contributed by atoms with Gasteiger partial charge in [0.15, 0.2) is 5.82 Å². The number of rotatable bonds is 6. The molecular weight excluding hydrogens is 296 g/mol. The number of nitrogens with one attached hydrogen (secondary N) is 1. The lowest BCUT2D eigenvalue weighted by Gasteiger charge is -2.04. The minimum atomic E-state index is -0.0649. The van der Waals surface area contributed by atoms with Crippen LogP contribution in [0.15, 0.2) is 34.9 Å². The molecular formula is C14H15ClN2O2S. The van der Waals surface area contributed by atoms with Crippen molar-refractivity contribution in [3.63, 3.8) is 0 Å². The third kappa shape index (κ3) is 4.58. The predicted octanol–water partition coefficient (Wildman–Crippen LogP) is 3.90. The van der Waals surface area contributed by atoms with E-state index in [-0.39, 0.29) is 5.91 Å². The number of hydrogen-bond donors (Lipinski definition) is 1.